The van der Waals surface area contributed by atoms with Crippen LogP contribution in [0, 0.1) is 6.92 Å². The Balaban J connectivity index is 1.90. The molecule has 3 aromatic rings. The summed E-state index contributed by atoms with van der Waals surface area (Å²) in [5.41, 5.74) is 2.37. The van der Waals surface area contributed by atoms with E-state index in [4.69, 9.17) is 4.74 Å². The second-order valence-electron chi connectivity index (χ2n) is 7.38. The standard InChI is InChI=1S/C24H25N3O5S/c1-16-8-10-19(11-9-16)27(3)33(30,31)21-7-5-6-18(14-21)24(29)26-23-15-20(32-4)12-13-22(23)25-17(2)28/h5-15H,1-4H3,(H,25,28)(H,26,29). The van der Waals surface area contributed by atoms with Crippen molar-refractivity contribution in [2.24, 2.45) is 0 Å². The van der Waals surface area contributed by atoms with Crippen LogP contribution in [0.5, 0.6) is 5.75 Å². The Hall–Kier alpha value is -3.85. The molecule has 0 aromatic heterocycles. The van der Waals surface area contributed by atoms with Gasteiger partial charge < -0.3 is 15.4 Å². The van der Waals surface area contributed by atoms with Crippen molar-refractivity contribution in [1.29, 1.82) is 0 Å². The van der Waals surface area contributed by atoms with Gasteiger partial charge in [-0.1, -0.05) is 23.8 Å². The highest BCUT2D eigenvalue weighted by Gasteiger charge is 2.23. The Bertz CT molecular complexity index is 1290. The number of ether oxygens (including phenoxy) is 1. The third-order valence-electron chi connectivity index (χ3n) is 4.94. The van der Waals surface area contributed by atoms with E-state index in [0.717, 1.165) is 5.56 Å². The topological polar surface area (TPSA) is 105 Å². The van der Waals surface area contributed by atoms with Crippen LogP contribution in [0.3, 0.4) is 0 Å². The van der Waals surface area contributed by atoms with Crippen molar-refractivity contribution in [2.45, 2.75) is 18.7 Å². The Morgan fingerprint density at radius 2 is 1.61 bits per heavy atom. The predicted molar refractivity (Wildman–Crippen MR) is 128 cm³/mol. The summed E-state index contributed by atoms with van der Waals surface area (Å²) >= 11 is 0. The minimum Gasteiger partial charge on any atom is -0.497 e. The third kappa shape index (κ3) is 5.50. The van der Waals surface area contributed by atoms with Gasteiger partial charge in [0.05, 0.1) is 29.1 Å². The number of anilines is 3. The molecule has 0 bridgehead atoms. The molecule has 3 aromatic carbocycles. The van der Waals surface area contributed by atoms with Gasteiger partial charge in [-0.05, 0) is 49.4 Å². The van der Waals surface area contributed by atoms with Gasteiger partial charge in [-0.15, -0.1) is 0 Å². The molecule has 2 amide bonds. The van der Waals surface area contributed by atoms with Gasteiger partial charge in [-0.25, -0.2) is 8.42 Å². The maximum absolute atomic E-state index is 13.1. The molecule has 3 rings (SSSR count). The lowest BCUT2D eigenvalue weighted by atomic mass is 10.2. The zero-order chi connectivity index (χ0) is 24.2. The number of rotatable bonds is 7. The lowest BCUT2D eigenvalue weighted by Gasteiger charge is -2.20. The first kappa shape index (κ1) is 23.8. The normalized spacial score (nSPS) is 10.9. The first-order valence-electron chi connectivity index (χ1n) is 10.0. The lowest BCUT2D eigenvalue weighted by molar-refractivity contribution is -0.114. The minimum absolute atomic E-state index is 0.0223. The Kier molecular flexibility index (Phi) is 7.03. The van der Waals surface area contributed by atoms with Gasteiger partial charge in [0.1, 0.15) is 5.75 Å². The molecule has 0 aliphatic rings. The fourth-order valence-corrected chi connectivity index (χ4v) is 4.34. The van der Waals surface area contributed by atoms with Gasteiger partial charge in [0.15, 0.2) is 0 Å². The number of nitrogens with zero attached hydrogens (tertiary/aromatic N) is 1. The molecule has 0 saturated heterocycles. The highest BCUT2D eigenvalue weighted by molar-refractivity contribution is 7.92. The molecule has 0 unspecified atom stereocenters. The number of sulfonamides is 1. The van der Waals surface area contributed by atoms with Crippen LogP contribution in [-0.2, 0) is 14.8 Å². The van der Waals surface area contributed by atoms with Crippen LogP contribution in [-0.4, -0.2) is 34.4 Å². The van der Waals surface area contributed by atoms with E-state index in [-0.39, 0.29) is 16.4 Å². The van der Waals surface area contributed by atoms with E-state index in [9.17, 15) is 18.0 Å². The summed E-state index contributed by atoms with van der Waals surface area (Å²) in [6, 6.07) is 17.7. The van der Waals surface area contributed by atoms with Gasteiger partial charge >= 0.3 is 0 Å². The van der Waals surface area contributed by atoms with Crippen molar-refractivity contribution >= 4 is 38.9 Å². The zero-order valence-corrected chi connectivity index (χ0v) is 19.6. The SMILES string of the molecule is COc1ccc(NC(C)=O)c(NC(=O)c2cccc(S(=O)(=O)N(C)c3ccc(C)cc3)c2)c1. The van der Waals surface area contributed by atoms with Gasteiger partial charge in [0, 0.05) is 25.6 Å². The van der Waals surface area contributed by atoms with Gasteiger partial charge in [-0.2, -0.15) is 0 Å². The number of carbonyl (C=O) groups is 2. The zero-order valence-electron chi connectivity index (χ0n) is 18.7. The van der Waals surface area contributed by atoms with Crippen LogP contribution in [0.2, 0.25) is 0 Å². The second-order valence-corrected chi connectivity index (χ2v) is 9.35. The van der Waals surface area contributed by atoms with E-state index in [1.807, 2.05) is 19.1 Å². The molecule has 2 N–H and O–H groups in total. The molecule has 0 spiro atoms. The molecule has 0 heterocycles. The summed E-state index contributed by atoms with van der Waals surface area (Å²) in [5.74, 6) is -0.358. The third-order valence-corrected chi connectivity index (χ3v) is 6.72. The van der Waals surface area contributed by atoms with Gasteiger partial charge in [-0.3, -0.25) is 13.9 Å². The number of hydrogen-bond donors (Lipinski definition) is 2. The van der Waals surface area contributed by atoms with Crippen molar-refractivity contribution in [3.8, 4) is 5.75 Å². The van der Waals surface area contributed by atoms with E-state index in [0.29, 0.717) is 22.8 Å². The van der Waals surface area contributed by atoms with Gasteiger partial charge in [0.25, 0.3) is 15.9 Å². The number of carbonyl (C=O) groups excluding carboxylic acids is 2. The molecule has 9 heteroatoms. The smallest absolute Gasteiger partial charge is 0.264 e. The quantitative estimate of drug-likeness (QED) is 0.546. The molecule has 0 radical (unpaired) electrons. The predicted octanol–water partition coefficient (Wildman–Crippen LogP) is 4.04. The second kappa shape index (κ2) is 9.74. The summed E-state index contributed by atoms with van der Waals surface area (Å²) in [5, 5.41) is 5.35. The lowest BCUT2D eigenvalue weighted by Crippen LogP contribution is -2.27. The molecule has 0 aliphatic carbocycles. The largest absolute Gasteiger partial charge is 0.497 e. The van der Waals surface area contributed by atoms with E-state index < -0.39 is 15.9 Å². The summed E-state index contributed by atoms with van der Waals surface area (Å²) in [7, 11) is -0.947. The van der Waals surface area contributed by atoms with E-state index in [2.05, 4.69) is 10.6 Å². The van der Waals surface area contributed by atoms with Crippen molar-refractivity contribution in [1.82, 2.24) is 0 Å². The van der Waals surface area contributed by atoms with Crippen LogP contribution in [0.25, 0.3) is 0 Å². The van der Waals surface area contributed by atoms with Crippen LogP contribution < -0.4 is 19.7 Å². The van der Waals surface area contributed by atoms with Crippen LogP contribution in [0.15, 0.2) is 71.6 Å². The highest BCUT2D eigenvalue weighted by Crippen LogP contribution is 2.28. The number of methoxy groups -OCH3 is 1. The van der Waals surface area contributed by atoms with Crippen LogP contribution in [0.1, 0.15) is 22.8 Å². The number of benzene rings is 3. The first-order chi connectivity index (χ1) is 15.6. The summed E-state index contributed by atoms with van der Waals surface area (Å²) in [6.45, 7) is 3.27. The van der Waals surface area contributed by atoms with Gasteiger partial charge in [0.2, 0.25) is 5.91 Å². The molecule has 0 fully saturated rings. The van der Waals surface area contributed by atoms with Crippen LogP contribution in [0.4, 0.5) is 17.1 Å². The van der Waals surface area contributed by atoms with E-state index in [1.54, 1.807) is 30.3 Å². The summed E-state index contributed by atoms with van der Waals surface area (Å²) in [6.07, 6.45) is 0. The fraction of sp³-hybridized carbons (Fsp3) is 0.167. The highest BCUT2D eigenvalue weighted by atomic mass is 32.2. The monoisotopic (exact) mass is 467 g/mol. The first-order valence-corrected chi connectivity index (χ1v) is 11.5. The Morgan fingerprint density at radius 1 is 0.909 bits per heavy atom. The molecule has 0 aliphatic heterocycles. The number of hydrogen-bond acceptors (Lipinski definition) is 5. The number of amides is 2. The molecule has 0 saturated carbocycles. The Morgan fingerprint density at radius 3 is 2.24 bits per heavy atom. The molecule has 8 nitrogen and oxygen atoms in total. The van der Waals surface area contributed by atoms with E-state index >= 15 is 0 Å². The van der Waals surface area contributed by atoms with Crippen LogP contribution >= 0.6 is 0 Å². The fourth-order valence-electron chi connectivity index (χ4n) is 3.10. The average molecular weight is 468 g/mol. The van der Waals surface area contributed by atoms with Crippen molar-refractivity contribution in [3.05, 3.63) is 77.9 Å². The van der Waals surface area contributed by atoms with E-state index in [1.165, 1.54) is 49.7 Å². The molecule has 33 heavy (non-hydrogen) atoms. The summed E-state index contributed by atoms with van der Waals surface area (Å²) in [4.78, 5) is 24.4. The maximum atomic E-state index is 13.1. The summed E-state index contributed by atoms with van der Waals surface area (Å²) < 4.78 is 32.6. The number of aryl methyl sites for hydroxylation is 1. The molecule has 0 atom stereocenters. The molecular weight excluding hydrogens is 442 g/mol. The molecule has 172 valence electrons. The molecular formula is C24H25N3O5S. The Labute approximate surface area is 193 Å². The van der Waals surface area contributed by atoms with Crippen molar-refractivity contribution < 1.29 is 22.7 Å². The number of nitrogens with one attached hydrogen (secondary N) is 2. The minimum atomic E-state index is -3.89. The average Bonchev–Trinajstić information content (AvgIpc) is 2.80. The van der Waals surface area contributed by atoms with Crippen molar-refractivity contribution in [2.75, 3.05) is 29.1 Å². The maximum Gasteiger partial charge on any atom is 0.264 e. The van der Waals surface area contributed by atoms with Crippen molar-refractivity contribution in [3.63, 3.8) is 0 Å².